The number of benzene rings is 2. The monoisotopic (exact) mass is 304 g/mol. The molecule has 1 heterocycles. The number of rotatable bonds is 2. The number of para-hydroxylation sites is 1. The summed E-state index contributed by atoms with van der Waals surface area (Å²) in [6.07, 6.45) is 3.56. The van der Waals surface area contributed by atoms with Crippen molar-refractivity contribution in [1.82, 2.24) is 4.98 Å². The molecule has 0 aliphatic carbocycles. The van der Waals surface area contributed by atoms with E-state index >= 15 is 0 Å². The first-order valence-electron chi connectivity index (χ1n) is 5.91. The first-order valence-corrected chi connectivity index (χ1v) is 6.67. The quantitative estimate of drug-likeness (QED) is 0.686. The van der Waals surface area contributed by atoms with Crippen molar-refractivity contribution >= 4 is 52.1 Å². The van der Waals surface area contributed by atoms with Crippen molar-refractivity contribution in [2.75, 3.05) is 5.73 Å². The minimum Gasteiger partial charge on any atom is -0.437 e. The van der Waals surface area contributed by atoms with Crippen LogP contribution < -0.4 is 5.73 Å². The second kappa shape index (κ2) is 5.19. The normalized spacial score (nSPS) is 11.5. The van der Waals surface area contributed by atoms with Crippen molar-refractivity contribution < 1.29 is 4.42 Å². The summed E-state index contributed by atoms with van der Waals surface area (Å²) in [6, 6.07) is 10.7. The average Bonchev–Trinajstić information content (AvgIpc) is 2.82. The van der Waals surface area contributed by atoms with E-state index in [9.17, 15) is 0 Å². The van der Waals surface area contributed by atoms with E-state index in [2.05, 4.69) is 4.98 Å². The summed E-state index contributed by atoms with van der Waals surface area (Å²) in [4.78, 5) is 4.33. The maximum Gasteiger partial charge on any atom is 0.220 e. The molecule has 3 aromatic rings. The molecule has 3 nitrogen and oxygen atoms in total. The summed E-state index contributed by atoms with van der Waals surface area (Å²) < 4.78 is 5.59. The number of hydrogen-bond acceptors (Lipinski definition) is 3. The molecule has 20 heavy (non-hydrogen) atoms. The van der Waals surface area contributed by atoms with Gasteiger partial charge in [-0.25, -0.2) is 4.98 Å². The van der Waals surface area contributed by atoms with Gasteiger partial charge in [-0.15, -0.1) is 0 Å². The Bertz CT molecular complexity index is 809. The van der Waals surface area contributed by atoms with Crippen LogP contribution in [0.1, 0.15) is 11.5 Å². The van der Waals surface area contributed by atoms with Crippen LogP contribution in [0.4, 0.5) is 5.69 Å². The Morgan fingerprint density at radius 3 is 2.70 bits per heavy atom. The molecule has 3 rings (SSSR count). The molecule has 2 N–H and O–H groups in total. The molecule has 0 radical (unpaired) electrons. The first-order chi connectivity index (χ1) is 9.63. The molecule has 0 spiro atoms. The van der Waals surface area contributed by atoms with Crippen molar-refractivity contribution in [3.8, 4) is 0 Å². The van der Waals surface area contributed by atoms with Gasteiger partial charge in [-0.3, -0.25) is 0 Å². The Balaban J connectivity index is 1.96. The van der Waals surface area contributed by atoms with Gasteiger partial charge in [0.05, 0.1) is 5.69 Å². The Kier molecular flexibility index (Phi) is 3.38. The number of anilines is 1. The minimum atomic E-state index is 0.476. The largest absolute Gasteiger partial charge is 0.437 e. The van der Waals surface area contributed by atoms with E-state index in [1.807, 2.05) is 24.3 Å². The lowest BCUT2D eigenvalue weighted by molar-refractivity contribution is 0.590. The van der Waals surface area contributed by atoms with Gasteiger partial charge in [0.15, 0.2) is 5.58 Å². The molecule has 0 aliphatic heterocycles. The highest BCUT2D eigenvalue weighted by molar-refractivity contribution is 6.35. The predicted molar refractivity (Wildman–Crippen MR) is 83.8 cm³/mol. The zero-order valence-corrected chi connectivity index (χ0v) is 11.8. The minimum absolute atomic E-state index is 0.476. The molecule has 5 heteroatoms. The maximum atomic E-state index is 6.09. The lowest BCUT2D eigenvalue weighted by Crippen LogP contribution is -1.84. The van der Waals surface area contributed by atoms with Crippen LogP contribution in [0.5, 0.6) is 0 Å². The third-order valence-corrected chi connectivity index (χ3v) is 3.40. The SMILES string of the molecule is Nc1cccc2oc(/C=C/c3ccc(Cl)cc3Cl)nc12. The van der Waals surface area contributed by atoms with E-state index in [-0.39, 0.29) is 0 Å². The summed E-state index contributed by atoms with van der Waals surface area (Å²) >= 11 is 11.9. The van der Waals surface area contributed by atoms with Crippen LogP contribution in [0.15, 0.2) is 40.8 Å². The van der Waals surface area contributed by atoms with Gasteiger partial charge < -0.3 is 10.2 Å². The summed E-state index contributed by atoms with van der Waals surface area (Å²) in [7, 11) is 0. The zero-order valence-electron chi connectivity index (χ0n) is 10.3. The van der Waals surface area contributed by atoms with Crippen LogP contribution in [0.2, 0.25) is 10.0 Å². The standard InChI is InChI=1S/C15H10Cl2N2O/c16-10-6-4-9(11(17)8-10)5-7-14-19-15-12(18)2-1-3-13(15)20-14/h1-8H,18H2/b7-5+. The molecular weight excluding hydrogens is 295 g/mol. The fourth-order valence-corrected chi connectivity index (χ4v) is 2.33. The van der Waals surface area contributed by atoms with Crippen LogP contribution in [-0.2, 0) is 0 Å². The summed E-state index contributed by atoms with van der Waals surface area (Å²) in [5, 5.41) is 1.17. The molecule has 0 saturated carbocycles. The average molecular weight is 305 g/mol. The summed E-state index contributed by atoms with van der Waals surface area (Å²) in [5.74, 6) is 0.476. The van der Waals surface area contributed by atoms with Gasteiger partial charge in [0.25, 0.3) is 0 Å². The van der Waals surface area contributed by atoms with E-state index in [0.717, 1.165) is 5.56 Å². The Morgan fingerprint density at radius 2 is 1.95 bits per heavy atom. The number of fused-ring (bicyclic) bond motifs is 1. The summed E-state index contributed by atoms with van der Waals surface area (Å²) in [5.41, 5.74) is 8.59. The molecule has 1 aromatic heterocycles. The van der Waals surface area contributed by atoms with Crippen LogP contribution in [0, 0.1) is 0 Å². The Labute approximate surface area is 125 Å². The number of oxazole rings is 1. The van der Waals surface area contributed by atoms with E-state index in [1.54, 1.807) is 24.3 Å². The zero-order chi connectivity index (χ0) is 14.1. The third-order valence-electron chi connectivity index (χ3n) is 2.83. The number of hydrogen-bond donors (Lipinski definition) is 1. The smallest absolute Gasteiger partial charge is 0.220 e. The van der Waals surface area contributed by atoms with Crippen molar-refractivity contribution in [1.29, 1.82) is 0 Å². The van der Waals surface area contributed by atoms with E-state index < -0.39 is 0 Å². The fraction of sp³-hybridized carbons (Fsp3) is 0. The molecule has 0 amide bonds. The highest BCUT2D eigenvalue weighted by atomic mass is 35.5. The van der Waals surface area contributed by atoms with Gasteiger partial charge in [0.2, 0.25) is 5.89 Å². The van der Waals surface area contributed by atoms with Crippen LogP contribution in [0.25, 0.3) is 23.3 Å². The van der Waals surface area contributed by atoms with Crippen LogP contribution >= 0.6 is 23.2 Å². The van der Waals surface area contributed by atoms with Crippen molar-refractivity contribution in [3.63, 3.8) is 0 Å². The lowest BCUT2D eigenvalue weighted by Gasteiger charge is -1.97. The van der Waals surface area contributed by atoms with Gasteiger partial charge in [0, 0.05) is 16.1 Å². The second-order valence-electron chi connectivity index (χ2n) is 4.25. The highest BCUT2D eigenvalue weighted by Gasteiger charge is 2.05. The van der Waals surface area contributed by atoms with Gasteiger partial charge >= 0.3 is 0 Å². The topological polar surface area (TPSA) is 52.0 Å². The van der Waals surface area contributed by atoms with Crippen LogP contribution in [-0.4, -0.2) is 4.98 Å². The van der Waals surface area contributed by atoms with Crippen molar-refractivity contribution in [2.45, 2.75) is 0 Å². The van der Waals surface area contributed by atoms with E-state index in [1.165, 1.54) is 0 Å². The molecule has 0 bridgehead atoms. The Morgan fingerprint density at radius 1 is 1.10 bits per heavy atom. The third kappa shape index (κ3) is 2.50. The van der Waals surface area contributed by atoms with E-state index in [4.69, 9.17) is 33.4 Å². The van der Waals surface area contributed by atoms with E-state index in [0.29, 0.717) is 32.7 Å². The molecular formula is C15H10Cl2N2O. The molecule has 0 aliphatic rings. The predicted octanol–water partition coefficient (Wildman–Crippen LogP) is 4.89. The molecule has 0 saturated heterocycles. The van der Waals surface area contributed by atoms with Gasteiger partial charge in [-0.1, -0.05) is 35.3 Å². The van der Waals surface area contributed by atoms with Crippen molar-refractivity contribution in [2.24, 2.45) is 0 Å². The van der Waals surface area contributed by atoms with Crippen molar-refractivity contribution in [3.05, 3.63) is 57.9 Å². The van der Waals surface area contributed by atoms with Gasteiger partial charge in [-0.05, 0) is 35.9 Å². The number of nitrogens with two attached hydrogens (primary N) is 1. The Hall–Kier alpha value is -1.97. The molecule has 2 aromatic carbocycles. The fourth-order valence-electron chi connectivity index (χ4n) is 1.86. The number of nitrogen functional groups attached to an aromatic ring is 1. The second-order valence-corrected chi connectivity index (χ2v) is 5.09. The van der Waals surface area contributed by atoms with Gasteiger partial charge in [-0.2, -0.15) is 0 Å². The number of aromatic nitrogens is 1. The molecule has 0 unspecified atom stereocenters. The number of halogens is 2. The first kappa shape index (κ1) is 13.0. The lowest BCUT2D eigenvalue weighted by atomic mass is 10.2. The molecule has 0 fully saturated rings. The maximum absolute atomic E-state index is 6.09. The highest BCUT2D eigenvalue weighted by Crippen LogP contribution is 2.25. The molecule has 100 valence electrons. The number of nitrogens with zero attached hydrogens (tertiary/aromatic N) is 1. The van der Waals surface area contributed by atoms with Gasteiger partial charge in [0.1, 0.15) is 5.52 Å². The van der Waals surface area contributed by atoms with Crippen LogP contribution in [0.3, 0.4) is 0 Å². The summed E-state index contributed by atoms with van der Waals surface area (Å²) in [6.45, 7) is 0. The molecule has 0 atom stereocenters.